The molecule has 2 amide bonds. The van der Waals surface area contributed by atoms with E-state index in [1.807, 2.05) is 0 Å². The molecule has 1 N–H and O–H groups in total. The third kappa shape index (κ3) is 3.05. The molecule has 1 aromatic carbocycles. The summed E-state index contributed by atoms with van der Waals surface area (Å²) in [4.78, 5) is 23.3. The molecule has 0 spiro atoms. The maximum Gasteiger partial charge on any atom is 0.271 e. The van der Waals surface area contributed by atoms with Gasteiger partial charge in [-0.05, 0) is 12.1 Å². The number of carbonyl (C=O) groups is 2. The number of carbonyl (C=O) groups excluding carboxylic acids is 2. The summed E-state index contributed by atoms with van der Waals surface area (Å²) in [6.07, 6.45) is 0.583. The topological polar surface area (TPSA) is 61.8 Å². The minimum absolute atomic E-state index is 0.114. The highest BCUT2D eigenvalue weighted by Gasteiger charge is 2.22. The van der Waals surface area contributed by atoms with Crippen molar-refractivity contribution in [2.75, 3.05) is 12.4 Å². The van der Waals surface area contributed by atoms with Crippen LogP contribution in [-0.4, -0.2) is 29.6 Å². The number of anilines is 1. The Balaban J connectivity index is 2.16. The molecule has 0 saturated heterocycles. The molecule has 1 aromatic rings. The largest absolute Gasteiger partial charge is 0.319 e. The SMILES string of the molecule is CN1N=C(C(=O)Nc2cccc(Cl)c2Cl)CCC1=O. The maximum atomic E-state index is 12.0. The van der Waals surface area contributed by atoms with Crippen molar-refractivity contribution in [3.8, 4) is 0 Å². The van der Waals surface area contributed by atoms with E-state index in [0.29, 0.717) is 17.1 Å². The minimum Gasteiger partial charge on any atom is -0.319 e. The van der Waals surface area contributed by atoms with Crippen molar-refractivity contribution in [2.24, 2.45) is 5.10 Å². The van der Waals surface area contributed by atoms with Crippen LogP contribution in [0, 0.1) is 0 Å². The van der Waals surface area contributed by atoms with Gasteiger partial charge in [0.05, 0.1) is 15.7 Å². The van der Waals surface area contributed by atoms with Crippen LogP contribution in [0.15, 0.2) is 23.3 Å². The quantitative estimate of drug-likeness (QED) is 0.912. The lowest BCUT2D eigenvalue weighted by Gasteiger charge is -2.19. The van der Waals surface area contributed by atoms with Crippen LogP contribution in [0.1, 0.15) is 12.8 Å². The summed E-state index contributed by atoms with van der Waals surface area (Å²) < 4.78 is 0. The summed E-state index contributed by atoms with van der Waals surface area (Å²) in [6.45, 7) is 0. The molecule has 7 heteroatoms. The fraction of sp³-hybridized carbons (Fsp3) is 0.250. The van der Waals surface area contributed by atoms with Crippen LogP contribution < -0.4 is 5.32 Å². The highest BCUT2D eigenvalue weighted by atomic mass is 35.5. The van der Waals surface area contributed by atoms with Crippen LogP contribution in [-0.2, 0) is 9.59 Å². The summed E-state index contributed by atoms with van der Waals surface area (Å²) in [7, 11) is 1.52. The fourth-order valence-electron chi connectivity index (χ4n) is 1.63. The Kier molecular flexibility index (Phi) is 4.07. The number of nitrogens with zero attached hydrogens (tertiary/aromatic N) is 2. The summed E-state index contributed by atoms with van der Waals surface area (Å²) >= 11 is 11.8. The van der Waals surface area contributed by atoms with E-state index in [-0.39, 0.29) is 29.0 Å². The smallest absolute Gasteiger partial charge is 0.271 e. The number of amides is 2. The lowest BCUT2D eigenvalue weighted by atomic mass is 10.1. The fourth-order valence-corrected chi connectivity index (χ4v) is 1.98. The van der Waals surface area contributed by atoms with E-state index in [9.17, 15) is 9.59 Å². The van der Waals surface area contributed by atoms with Gasteiger partial charge < -0.3 is 5.32 Å². The second kappa shape index (κ2) is 5.59. The average Bonchev–Trinajstić information content (AvgIpc) is 2.38. The molecular formula is C12H11Cl2N3O2. The normalized spacial score (nSPS) is 15.2. The van der Waals surface area contributed by atoms with Crippen molar-refractivity contribution in [3.05, 3.63) is 28.2 Å². The lowest BCUT2D eigenvalue weighted by Crippen LogP contribution is -2.34. The summed E-state index contributed by atoms with van der Waals surface area (Å²) in [5.74, 6) is -0.499. The van der Waals surface area contributed by atoms with Crippen molar-refractivity contribution in [1.29, 1.82) is 0 Å². The Morgan fingerprint density at radius 2 is 2.11 bits per heavy atom. The van der Waals surface area contributed by atoms with Gasteiger partial charge in [-0.2, -0.15) is 5.10 Å². The predicted octanol–water partition coefficient (Wildman–Crippen LogP) is 2.54. The zero-order valence-corrected chi connectivity index (χ0v) is 11.6. The molecule has 1 heterocycles. The van der Waals surface area contributed by atoms with Gasteiger partial charge in [0.2, 0.25) is 5.91 Å². The molecule has 0 aromatic heterocycles. The zero-order chi connectivity index (χ0) is 14.0. The third-order valence-electron chi connectivity index (χ3n) is 2.67. The van der Waals surface area contributed by atoms with E-state index >= 15 is 0 Å². The van der Waals surface area contributed by atoms with Crippen molar-refractivity contribution in [3.63, 3.8) is 0 Å². The second-order valence-corrected chi connectivity index (χ2v) is 4.80. The highest BCUT2D eigenvalue weighted by Crippen LogP contribution is 2.29. The van der Waals surface area contributed by atoms with E-state index in [4.69, 9.17) is 23.2 Å². The van der Waals surface area contributed by atoms with Gasteiger partial charge in [0.1, 0.15) is 5.71 Å². The van der Waals surface area contributed by atoms with Crippen LogP contribution in [0.5, 0.6) is 0 Å². The van der Waals surface area contributed by atoms with Gasteiger partial charge in [-0.25, -0.2) is 5.01 Å². The standard InChI is InChI=1S/C12H11Cl2N3O2/c1-17-10(18)6-5-9(16-17)12(19)15-8-4-2-3-7(13)11(8)14/h2-4H,5-6H2,1H3,(H,15,19). The number of hydrogen-bond acceptors (Lipinski definition) is 3. The Hall–Kier alpha value is -1.59. The summed E-state index contributed by atoms with van der Waals surface area (Å²) in [6, 6.07) is 4.96. The maximum absolute atomic E-state index is 12.0. The van der Waals surface area contributed by atoms with Crippen LogP contribution in [0.25, 0.3) is 0 Å². The first-order valence-electron chi connectivity index (χ1n) is 5.58. The van der Waals surface area contributed by atoms with Gasteiger partial charge in [0, 0.05) is 19.9 Å². The van der Waals surface area contributed by atoms with Crippen LogP contribution in [0.3, 0.4) is 0 Å². The Morgan fingerprint density at radius 3 is 2.79 bits per heavy atom. The van der Waals surface area contributed by atoms with E-state index in [1.54, 1.807) is 18.2 Å². The van der Waals surface area contributed by atoms with Crippen LogP contribution in [0.4, 0.5) is 5.69 Å². The molecule has 100 valence electrons. The zero-order valence-electron chi connectivity index (χ0n) is 10.1. The van der Waals surface area contributed by atoms with Crippen molar-refractivity contribution < 1.29 is 9.59 Å². The third-order valence-corrected chi connectivity index (χ3v) is 3.49. The first kappa shape index (κ1) is 13.8. The number of rotatable bonds is 2. The van der Waals surface area contributed by atoms with Gasteiger partial charge >= 0.3 is 0 Å². The molecule has 19 heavy (non-hydrogen) atoms. The summed E-state index contributed by atoms with van der Waals surface area (Å²) in [5.41, 5.74) is 0.708. The second-order valence-electron chi connectivity index (χ2n) is 4.02. The van der Waals surface area contributed by atoms with E-state index < -0.39 is 0 Å². The number of benzene rings is 1. The minimum atomic E-state index is -0.386. The van der Waals surface area contributed by atoms with E-state index in [1.165, 1.54) is 7.05 Å². The highest BCUT2D eigenvalue weighted by molar-refractivity contribution is 6.47. The molecule has 0 bridgehead atoms. The monoisotopic (exact) mass is 299 g/mol. The van der Waals surface area contributed by atoms with Gasteiger partial charge in [-0.15, -0.1) is 0 Å². The number of nitrogens with one attached hydrogen (secondary N) is 1. The Morgan fingerprint density at radius 1 is 1.37 bits per heavy atom. The Bertz CT molecular complexity index is 572. The van der Waals surface area contributed by atoms with Crippen molar-refractivity contribution in [1.82, 2.24) is 5.01 Å². The summed E-state index contributed by atoms with van der Waals surface area (Å²) in [5, 5.41) is 8.36. The van der Waals surface area contributed by atoms with Crippen LogP contribution in [0.2, 0.25) is 10.0 Å². The van der Waals surface area contributed by atoms with Gasteiger partial charge in [-0.3, -0.25) is 9.59 Å². The van der Waals surface area contributed by atoms with E-state index in [0.717, 1.165) is 5.01 Å². The number of halogens is 2. The first-order chi connectivity index (χ1) is 8.99. The lowest BCUT2D eigenvalue weighted by molar-refractivity contribution is -0.130. The first-order valence-corrected chi connectivity index (χ1v) is 6.34. The molecule has 5 nitrogen and oxygen atoms in total. The molecule has 0 atom stereocenters. The predicted molar refractivity (Wildman–Crippen MR) is 74.5 cm³/mol. The molecule has 1 aliphatic rings. The van der Waals surface area contributed by atoms with Gasteiger partial charge in [-0.1, -0.05) is 29.3 Å². The van der Waals surface area contributed by atoms with Crippen molar-refractivity contribution >= 4 is 46.4 Å². The molecule has 0 fully saturated rings. The average molecular weight is 300 g/mol. The molecule has 2 rings (SSSR count). The molecule has 0 unspecified atom stereocenters. The van der Waals surface area contributed by atoms with Crippen LogP contribution >= 0.6 is 23.2 Å². The molecular weight excluding hydrogens is 289 g/mol. The number of hydrogen-bond donors (Lipinski definition) is 1. The van der Waals surface area contributed by atoms with Gasteiger partial charge in [0.25, 0.3) is 5.91 Å². The van der Waals surface area contributed by atoms with E-state index in [2.05, 4.69) is 10.4 Å². The van der Waals surface area contributed by atoms with Crippen molar-refractivity contribution in [2.45, 2.75) is 12.8 Å². The molecule has 1 aliphatic heterocycles. The molecule has 0 saturated carbocycles. The Labute approximate surface area is 120 Å². The molecule has 0 radical (unpaired) electrons. The number of hydrazone groups is 1. The molecule has 0 aliphatic carbocycles. The van der Waals surface area contributed by atoms with Gasteiger partial charge in [0.15, 0.2) is 0 Å².